The Morgan fingerprint density at radius 2 is 1.97 bits per heavy atom. The summed E-state index contributed by atoms with van der Waals surface area (Å²) in [5.74, 6) is -0.0239. The second-order valence-electron chi connectivity index (χ2n) is 6.75. The van der Waals surface area contributed by atoms with Crippen LogP contribution in [0.3, 0.4) is 0 Å². The second-order valence-corrected chi connectivity index (χ2v) is 8.48. The first-order valence-corrected chi connectivity index (χ1v) is 11.1. The van der Waals surface area contributed by atoms with Crippen LogP contribution in [0.2, 0.25) is 0 Å². The maximum atomic E-state index is 12.6. The molecule has 0 unspecified atom stereocenters. The minimum atomic E-state index is -0.0239. The Morgan fingerprint density at radius 3 is 2.69 bits per heavy atom. The van der Waals surface area contributed by atoms with Crippen molar-refractivity contribution < 1.29 is 4.79 Å². The van der Waals surface area contributed by atoms with Crippen LogP contribution in [0.4, 0.5) is 0 Å². The Balaban J connectivity index is 1.55. The largest absolute Gasteiger partial charge is 0.338 e. The van der Waals surface area contributed by atoms with E-state index in [-0.39, 0.29) is 5.91 Å². The summed E-state index contributed by atoms with van der Waals surface area (Å²) >= 11 is 3.29. The topological polar surface area (TPSA) is 38.1 Å². The summed E-state index contributed by atoms with van der Waals surface area (Å²) in [6.07, 6.45) is 5.51. The summed E-state index contributed by atoms with van der Waals surface area (Å²) in [7, 11) is 1.82. The predicted molar refractivity (Wildman–Crippen MR) is 121 cm³/mol. The number of likely N-dealkylation sites (N-methyl/N-ethyl adjacent to an activating group) is 1. The van der Waals surface area contributed by atoms with Gasteiger partial charge in [-0.2, -0.15) is 16.4 Å². The quantitative estimate of drug-likeness (QED) is 0.377. The molecular weight excluding hydrogens is 398 g/mol. The van der Waals surface area contributed by atoms with Gasteiger partial charge in [-0.05, 0) is 45.5 Å². The van der Waals surface area contributed by atoms with Crippen molar-refractivity contribution in [3.63, 3.8) is 0 Å². The van der Waals surface area contributed by atoms with Crippen molar-refractivity contribution in [2.75, 3.05) is 7.05 Å². The van der Waals surface area contributed by atoms with E-state index in [1.165, 1.54) is 5.56 Å². The van der Waals surface area contributed by atoms with Gasteiger partial charge < -0.3 is 4.90 Å². The molecular formula is C23H21N3OS2. The third-order valence-electron chi connectivity index (χ3n) is 4.51. The van der Waals surface area contributed by atoms with Crippen LogP contribution in [0, 0.1) is 0 Å². The number of nitrogens with zero attached hydrogens (tertiary/aromatic N) is 3. The van der Waals surface area contributed by atoms with Crippen LogP contribution in [0.25, 0.3) is 16.6 Å². The Morgan fingerprint density at radius 1 is 1.10 bits per heavy atom. The summed E-state index contributed by atoms with van der Waals surface area (Å²) in [5, 5.41) is 10.9. The zero-order valence-electron chi connectivity index (χ0n) is 16.1. The SMILES string of the molecule is CN(Cc1ccsc1)C(=O)/C=C/c1cn(Cc2ccccc2)nc1-c1cccs1. The van der Waals surface area contributed by atoms with Gasteiger partial charge in [-0.3, -0.25) is 9.48 Å². The number of benzene rings is 1. The van der Waals surface area contributed by atoms with Gasteiger partial charge in [-0.25, -0.2) is 0 Å². The minimum absolute atomic E-state index is 0.0239. The number of carbonyl (C=O) groups excluding carboxylic acids is 1. The van der Waals surface area contributed by atoms with Gasteiger partial charge in [-0.1, -0.05) is 36.4 Å². The van der Waals surface area contributed by atoms with Crippen LogP contribution < -0.4 is 0 Å². The fraction of sp³-hybridized carbons (Fsp3) is 0.130. The summed E-state index contributed by atoms with van der Waals surface area (Å²) in [4.78, 5) is 15.4. The van der Waals surface area contributed by atoms with Crippen molar-refractivity contribution in [3.8, 4) is 10.6 Å². The second kappa shape index (κ2) is 9.03. The lowest BCUT2D eigenvalue weighted by Crippen LogP contribution is -2.23. The van der Waals surface area contributed by atoms with Gasteiger partial charge in [0.15, 0.2) is 0 Å². The molecule has 0 saturated carbocycles. The highest BCUT2D eigenvalue weighted by Crippen LogP contribution is 2.28. The van der Waals surface area contributed by atoms with Gasteiger partial charge in [0, 0.05) is 31.4 Å². The van der Waals surface area contributed by atoms with Gasteiger partial charge >= 0.3 is 0 Å². The molecule has 1 amide bonds. The van der Waals surface area contributed by atoms with Crippen LogP contribution in [0.15, 0.2) is 76.9 Å². The van der Waals surface area contributed by atoms with Gasteiger partial charge in [0.2, 0.25) is 5.91 Å². The van der Waals surface area contributed by atoms with Crippen molar-refractivity contribution >= 4 is 34.7 Å². The molecule has 0 N–H and O–H groups in total. The molecule has 3 aromatic heterocycles. The lowest BCUT2D eigenvalue weighted by atomic mass is 10.2. The standard InChI is InChI=1S/C23H21N3OS2/c1-25(14-19-11-13-28-17-19)22(27)10-9-20-16-26(15-18-6-3-2-4-7-18)24-23(20)21-8-5-12-29-21/h2-13,16-17H,14-15H2,1H3/b10-9+. The molecule has 0 atom stereocenters. The molecule has 4 nitrogen and oxygen atoms in total. The summed E-state index contributed by atoms with van der Waals surface area (Å²) in [5.41, 5.74) is 4.19. The molecule has 4 aromatic rings. The summed E-state index contributed by atoms with van der Waals surface area (Å²) in [6, 6.07) is 16.4. The van der Waals surface area contributed by atoms with E-state index in [2.05, 4.69) is 23.6 Å². The van der Waals surface area contributed by atoms with E-state index >= 15 is 0 Å². The lowest BCUT2D eigenvalue weighted by Gasteiger charge is -2.13. The highest BCUT2D eigenvalue weighted by molar-refractivity contribution is 7.13. The van der Waals surface area contributed by atoms with E-state index in [1.807, 2.05) is 65.1 Å². The first kappa shape index (κ1) is 19.4. The van der Waals surface area contributed by atoms with E-state index in [0.717, 1.165) is 21.7 Å². The molecule has 0 spiro atoms. The van der Waals surface area contributed by atoms with Crippen molar-refractivity contribution in [1.82, 2.24) is 14.7 Å². The zero-order valence-corrected chi connectivity index (χ0v) is 17.7. The average Bonchev–Trinajstić information content (AvgIpc) is 3.49. The molecule has 0 aliphatic rings. The maximum Gasteiger partial charge on any atom is 0.246 e. The molecule has 0 aliphatic heterocycles. The molecule has 0 aliphatic carbocycles. The number of amides is 1. The van der Waals surface area contributed by atoms with Gasteiger partial charge in [0.1, 0.15) is 5.69 Å². The van der Waals surface area contributed by atoms with E-state index in [9.17, 15) is 4.79 Å². The number of aromatic nitrogens is 2. The number of thiophene rings is 2. The highest BCUT2D eigenvalue weighted by Gasteiger charge is 2.12. The third-order valence-corrected chi connectivity index (χ3v) is 6.12. The average molecular weight is 420 g/mol. The van der Waals surface area contributed by atoms with Crippen LogP contribution in [-0.4, -0.2) is 27.6 Å². The molecule has 0 fully saturated rings. The first-order valence-electron chi connectivity index (χ1n) is 9.28. The summed E-state index contributed by atoms with van der Waals surface area (Å²) < 4.78 is 1.93. The van der Waals surface area contributed by atoms with Crippen LogP contribution in [0.5, 0.6) is 0 Å². The monoisotopic (exact) mass is 419 g/mol. The molecule has 0 bridgehead atoms. The van der Waals surface area contributed by atoms with Crippen molar-refractivity contribution in [1.29, 1.82) is 0 Å². The van der Waals surface area contributed by atoms with E-state index < -0.39 is 0 Å². The van der Waals surface area contributed by atoms with Crippen molar-refractivity contribution in [2.24, 2.45) is 0 Å². The summed E-state index contributed by atoms with van der Waals surface area (Å²) in [6.45, 7) is 1.30. The molecule has 0 saturated heterocycles. The van der Waals surface area contributed by atoms with Crippen molar-refractivity contribution in [2.45, 2.75) is 13.1 Å². The van der Waals surface area contributed by atoms with Crippen LogP contribution in [0.1, 0.15) is 16.7 Å². The number of rotatable bonds is 7. The zero-order chi connectivity index (χ0) is 20.1. The van der Waals surface area contributed by atoms with E-state index in [1.54, 1.807) is 33.6 Å². The Bertz CT molecular complexity index is 1080. The molecule has 0 radical (unpaired) electrons. The van der Waals surface area contributed by atoms with Crippen LogP contribution in [-0.2, 0) is 17.9 Å². The van der Waals surface area contributed by atoms with Gasteiger partial charge in [-0.15, -0.1) is 11.3 Å². The Hall–Kier alpha value is -2.96. The molecule has 29 heavy (non-hydrogen) atoms. The normalized spacial score (nSPS) is 11.2. The fourth-order valence-corrected chi connectivity index (χ4v) is 4.43. The number of hydrogen-bond acceptors (Lipinski definition) is 4. The first-order chi connectivity index (χ1) is 14.2. The molecule has 3 heterocycles. The van der Waals surface area contributed by atoms with Gasteiger partial charge in [0.05, 0.1) is 11.4 Å². The molecule has 6 heteroatoms. The Kier molecular flexibility index (Phi) is 6.03. The fourth-order valence-electron chi connectivity index (χ4n) is 3.04. The highest BCUT2D eigenvalue weighted by atomic mass is 32.1. The molecule has 146 valence electrons. The number of hydrogen-bond donors (Lipinski definition) is 0. The lowest BCUT2D eigenvalue weighted by molar-refractivity contribution is -0.125. The number of carbonyl (C=O) groups is 1. The molecule has 4 rings (SSSR count). The minimum Gasteiger partial charge on any atom is -0.338 e. The smallest absolute Gasteiger partial charge is 0.246 e. The van der Waals surface area contributed by atoms with Crippen LogP contribution >= 0.6 is 22.7 Å². The van der Waals surface area contributed by atoms with Crippen molar-refractivity contribution in [3.05, 3.63) is 93.6 Å². The third kappa shape index (κ3) is 4.91. The van der Waals surface area contributed by atoms with E-state index in [4.69, 9.17) is 5.10 Å². The maximum absolute atomic E-state index is 12.6. The Labute approximate surface area is 178 Å². The van der Waals surface area contributed by atoms with Gasteiger partial charge in [0.25, 0.3) is 0 Å². The predicted octanol–water partition coefficient (Wildman–Crippen LogP) is 5.39. The molecule has 1 aromatic carbocycles. The van der Waals surface area contributed by atoms with E-state index in [0.29, 0.717) is 13.1 Å².